The highest BCUT2D eigenvalue weighted by molar-refractivity contribution is 5.95. The second-order valence-electron chi connectivity index (χ2n) is 4.71. The third-order valence-corrected chi connectivity index (χ3v) is 2.33. The largest absolute Gasteiger partial charge is 0.399 e. The first-order valence-electron chi connectivity index (χ1n) is 5.52. The SMILES string of the molecule is Cc1cc(N)cc(C(=O)N(C)CC(C)C)c1. The van der Waals surface area contributed by atoms with Crippen LogP contribution in [0.1, 0.15) is 29.8 Å². The summed E-state index contributed by atoms with van der Waals surface area (Å²) in [5.41, 5.74) is 8.05. The van der Waals surface area contributed by atoms with Crippen molar-refractivity contribution in [1.29, 1.82) is 0 Å². The molecule has 0 aromatic heterocycles. The minimum atomic E-state index is 0.0316. The van der Waals surface area contributed by atoms with E-state index in [1.165, 1.54) is 0 Å². The van der Waals surface area contributed by atoms with Gasteiger partial charge >= 0.3 is 0 Å². The van der Waals surface area contributed by atoms with E-state index >= 15 is 0 Å². The lowest BCUT2D eigenvalue weighted by molar-refractivity contribution is 0.0779. The Balaban J connectivity index is 2.87. The number of carbonyl (C=O) groups excluding carboxylic acids is 1. The Hall–Kier alpha value is -1.51. The number of nitrogens with zero attached hydrogens (tertiary/aromatic N) is 1. The number of benzene rings is 1. The van der Waals surface area contributed by atoms with E-state index in [4.69, 9.17) is 5.73 Å². The third kappa shape index (κ3) is 3.26. The van der Waals surface area contributed by atoms with E-state index in [2.05, 4.69) is 13.8 Å². The number of nitrogen functional groups attached to an aromatic ring is 1. The molecule has 2 N–H and O–H groups in total. The number of carbonyl (C=O) groups is 1. The number of aryl methyl sites for hydroxylation is 1. The molecule has 1 amide bonds. The Kier molecular flexibility index (Phi) is 3.93. The zero-order valence-electron chi connectivity index (χ0n) is 10.4. The molecule has 0 aliphatic rings. The van der Waals surface area contributed by atoms with Crippen LogP contribution in [0.3, 0.4) is 0 Å². The van der Waals surface area contributed by atoms with E-state index in [1.807, 2.05) is 26.1 Å². The molecule has 3 heteroatoms. The topological polar surface area (TPSA) is 46.3 Å². The highest BCUT2D eigenvalue weighted by atomic mass is 16.2. The van der Waals surface area contributed by atoms with Gasteiger partial charge in [-0.2, -0.15) is 0 Å². The molecule has 1 rings (SSSR count). The average Bonchev–Trinajstić information content (AvgIpc) is 2.13. The standard InChI is InChI=1S/C13H20N2O/c1-9(2)8-15(4)13(16)11-5-10(3)6-12(14)7-11/h5-7,9H,8,14H2,1-4H3. The van der Waals surface area contributed by atoms with Crippen LogP contribution < -0.4 is 5.73 Å². The lowest BCUT2D eigenvalue weighted by Gasteiger charge is -2.19. The summed E-state index contributed by atoms with van der Waals surface area (Å²) in [6.45, 7) is 6.88. The predicted octanol–water partition coefficient (Wildman–Crippen LogP) is 2.31. The minimum absolute atomic E-state index is 0.0316. The highest BCUT2D eigenvalue weighted by Gasteiger charge is 2.13. The Morgan fingerprint density at radius 3 is 2.50 bits per heavy atom. The fraction of sp³-hybridized carbons (Fsp3) is 0.462. The molecule has 0 atom stereocenters. The van der Waals surface area contributed by atoms with Crippen LogP contribution >= 0.6 is 0 Å². The quantitative estimate of drug-likeness (QED) is 0.794. The molecule has 16 heavy (non-hydrogen) atoms. The van der Waals surface area contributed by atoms with Crippen molar-refractivity contribution in [2.24, 2.45) is 5.92 Å². The van der Waals surface area contributed by atoms with Crippen LogP contribution in [0, 0.1) is 12.8 Å². The van der Waals surface area contributed by atoms with Crippen molar-refractivity contribution in [3.05, 3.63) is 29.3 Å². The summed E-state index contributed by atoms with van der Waals surface area (Å²) in [6, 6.07) is 5.46. The van der Waals surface area contributed by atoms with Crippen molar-refractivity contribution in [2.45, 2.75) is 20.8 Å². The zero-order chi connectivity index (χ0) is 12.3. The van der Waals surface area contributed by atoms with Gasteiger partial charge in [0.1, 0.15) is 0 Å². The lowest BCUT2D eigenvalue weighted by atomic mass is 10.1. The first kappa shape index (κ1) is 12.6. The molecule has 0 heterocycles. The van der Waals surface area contributed by atoms with E-state index in [0.717, 1.165) is 12.1 Å². The van der Waals surface area contributed by atoms with Crippen molar-refractivity contribution >= 4 is 11.6 Å². The molecular formula is C13H20N2O. The Labute approximate surface area is 97.2 Å². The molecule has 0 aliphatic heterocycles. The molecule has 88 valence electrons. The fourth-order valence-electron chi connectivity index (χ4n) is 1.79. The van der Waals surface area contributed by atoms with Crippen LogP contribution in [0.5, 0.6) is 0 Å². The van der Waals surface area contributed by atoms with Crippen LogP contribution in [-0.4, -0.2) is 24.4 Å². The van der Waals surface area contributed by atoms with Crippen LogP contribution in [0.4, 0.5) is 5.69 Å². The molecule has 0 saturated heterocycles. The van der Waals surface area contributed by atoms with E-state index < -0.39 is 0 Å². The van der Waals surface area contributed by atoms with E-state index in [9.17, 15) is 4.79 Å². The average molecular weight is 220 g/mol. The summed E-state index contributed by atoms with van der Waals surface area (Å²) in [4.78, 5) is 13.8. The van der Waals surface area contributed by atoms with Gasteiger partial charge in [-0.25, -0.2) is 0 Å². The molecule has 1 aromatic carbocycles. The van der Waals surface area contributed by atoms with Gasteiger partial charge in [-0.1, -0.05) is 13.8 Å². The number of hydrogen-bond acceptors (Lipinski definition) is 2. The van der Waals surface area contributed by atoms with Gasteiger partial charge in [0.05, 0.1) is 0 Å². The second kappa shape index (κ2) is 5.01. The van der Waals surface area contributed by atoms with E-state index in [0.29, 0.717) is 17.2 Å². The number of anilines is 1. The van der Waals surface area contributed by atoms with Gasteiger partial charge in [-0.3, -0.25) is 4.79 Å². The number of amides is 1. The van der Waals surface area contributed by atoms with Crippen LogP contribution in [-0.2, 0) is 0 Å². The smallest absolute Gasteiger partial charge is 0.253 e. The maximum Gasteiger partial charge on any atom is 0.253 e. The summed E-state index contributed by atoms with van der Waals surface area (Å²) in [6.07, 6.45) is 0. The lowest BCUT2D eigenvalue weighted by Crippen LogP contribution is -2.30. The summed E-state index contributed by atoms with van der Waals surface area (Å²) >= 11 is 0. The van der Waals surface area contributed by atoms with Crippen LogP contribution in [0.2, 0.25) is 0 Å². The number of rotatable bonds is 3. The second-order valence-corrected chi connectivity index (χ2v) is 4.71. The predicted molar refractivity (Wildman–Crippen MR) is 67.4 cm³/mol. The molecule has 1 aromatic rings. The maximum absolute atomic E-state index is 12.1. The minimum Gasteiger partial charge on any atom is -0.399 e. The normalized spacial score (nSPS) is 10.6. The van der Waals surface area contributed by atoms with Gasteiger partial charge in [-0.05, 0) is 36.6 Å². The van der Waals surface area contributed by atoms with Gasteiger partial charge in [0.25, 0.3) is 5.91 Å². The first-order chi connectivity index (χ1) is 7.40. The van der Waals surface area contributed by atoms with Gasteiger partial charge in [0.15, 0.2) is 0 Å². The molecule has 0 unspecified atom stereocenters. The molecule has 0 bridgehead atoms. The van der Waals surface area contributed by atoms with Gasteiger partial charge < -0.3 is 10.6 Å². The van der Waals surface area contributed by atoms with Crippen molar-refractivity contribution < 1.29 is 4.79 Å². The van der Waals surface area contributed by atoms with Crippen LogP contribution in [0.15, 0.2) is 18.2 Å². The monoisotopic (exact) mass is 220 g/mol. The molecule has 0 saturated carbocycles. The zero-order valence-corrected chi connectivity index (χ0v) is 10.4. The molecule has 0 spiro atoms. The number of hydrogen-bond donors (Lipinski definition) is 1. The van der Waals surface area contributed by atoms with Gasteiger partial charge in [0, 0.05) is 24.8 Å². The van der Waals surface area contributed by atoms with E-state index in [-0.39, 0.29) is 5.91 Å². The molecule has 0 fully saturated rings. The van der Waals surface area contributed by atoms with Gasteiger partial charge in [-0.15, -0.1) is 0 Å². The van der Waals surface area contributed by atoms with Gasteiger partial charge in [0.2, 0.25) is 0 Å². The summed E-state index contributed by atoms with van der Waals surface area (Å²) in [7, 11) is 1.82. The van der Waals surface area contributed by atoms with Crippen molar-refractivity contribution in [2.75, 3.05) is 19.3 Å². The summed E-state index contributed by atoms with van der Waals surface area (Å²) in [5.74, 6) is 0.500. The molecule has 0 radical (unpaired) electrons. The molecule has 3 nitrogen and oxygen atoms in total. The van der Waals surface area contributed by atoms with E-state index in [1.54, 1.807) is 11.0 Å². The van der Waals surface area contributed by atoms with Crippen LogP contribution in [0.25, 0.3) is 0 Å². The number of nitrogens with two attached hydrogens (primary N) is 1. The summed E-state index contributed by atoms with van der Waals surface area (Å²) < 4.78 is 0. The van der Waals surface area contributed by atoms with Crippen molar-refractivity contribution in [3.8, 4) is 0 Å². The Morgan fingerprint density at radius 1 is 1.38 bits per heavy atom. The first-order valence-corrected chi connectivity index (χ1v) is 5.52. The molecular weight excluding hydrogens is 200 g/mol. The Morgan fingerprint density at radius 2 is 2.00 bits per heavy atom. The van der Waals surface area contributed by atoms with Crippen molar-refractivity contribution in [1.82, 2.24) is 4.90 Å². The molecule has 0 aliphatic carbocycles. The fourth-order valence-corrected chi connectivity index (χ4v) is 1.79. The van der Waals surface area contributed by atoms with Crippen molar-refractivity contribution in [3.63, 3.8) is 0 Å². The highest BCUT2D eigenvalue weighted by Crippen LogP contribution is 2.13. The Bertz CT molecular complexity index is 365. The summed E-state index contributed by atoms with van der Waals surface area (Å²) in [5, 5.41) is 0. The maximum atomic E-state index is 12.1. The third-order valence-electron chi connectivity index (χ3n) is 2.33.